The molecule has 0 unspecified atom stereocenters. The van der Waals surface area contributed by atoms with E-state index in [1.165, 1.54) is 25.3 Å². The van der Waals surface area contributed by atoms with E-state index in [9.17, 15) is 22.8 Å². The first-order valence-corrected chi connectivity index (χ1v) is 4.94. The van der Waals surface area contributed by atoms with Gasteiger partial charge in [-0.05, 0) is 12.1 Å². The Kier molecular flexibility index (Phi) is 2.76. The summed E-state index contributed by atoms with van der Waals surface area (Å²) in [6.07, 6.45) is -4.57. The van der Waals surface area contributed by atoms with Crippen LogP contribution in [0.5, 0.6) is 5.75 Å². The van der Waals surface area contributed by atoms with E-state index in [0.29, 0.717) is 4.90 Å². The summed E-state index contributed by atoms with van der Waals surface area (Å²) in [5, 5.41) is 0. The molecule has 0 aromatic heterocycles. The van der Waals surface area contributed by atoms with Crippen LogP contribution in [0.15, 0.2) is 18.2 Å². The van der Waals surface area contributed by atoms with Gasteiger partial charge in [-0.2, -0.15) is 13.2 Å². The zero-order valence-corrected chi connectivity index (χ0v) is 9.25. The number of nitrogens with zero attached hydrogens (tertiary/aromatic N) is 1. The van der Waals surface area contributed by atoms with Crippen LogP contribution in [-0.2, 0) is 4.79 Å². The molecule has 1 aliphatic heterocycles. The number of ether oxygens (including phenoxy) is 1. The number of amides is 1. The minimum atomic E-state index is -4.57. The predicted octanol–water partition coefficient (Wildman–Crippen LogP) is 1.79. The number of alkyl halides is 3. The lowest BCUT2D eigenvalue weighted by Gasteiger charge is -2.18. The summed E-state index contributed by atoms with van der Waals surface area (Å²) in [4.78, 5) is 23.4. The molecule has 18 heavy (non-hydrogen) atoms. The average Bonchev–Trinajstić information content (AvgIpc) is 2.52. The summed E-state index contributed by atoms with van der Waals surface area (Å²) < 4.78 is 41.9. The molecular formula is C11H8F3NO3. The Morgan fingerprint density at radius 3 is 2.50 bits per heavy atom. The molecule has 96 valence electrons. The van der Waals surface area contributed by atoms with Crippen molar-refractivity contribution in [3.8, 4) is 5.75 Å². The Morgan fingerprint density at radius 2 is 1.94 bits per heavy atom. The molecule has 1 heterocycles. The van der Waals surface area contributed by atoms with Crippen molar-refractivity contribution in [2.24, 2.45) is 0 Å². The van der Waals surface area contributed by atoms with Crippen molar-refractivity contribution >= 4 is 17.4 Å². The van der Waals surface area contributed by atoms with Crippen LogP contribution >= 0.6 is 0 Å². The maximum absolute atomic E-state index is 12.3. The Balaban J connectivity index is 2.46. The van der Waals surface area contributed by atoms with Gasteiger partial charge in [-0.25, -0.2) is 0 Å². The van der Waals surface area contributed by atoms with E-state index in [2.05, 4.69) is 0 Å². The third kappa shape index (κ3) is 2.03. The van der Waals surface area contributed by atoms with Crippen molar-refractivity contribution in [2.75, 3.05) is 18.6 Å². The summed E-state index contributed by atoms with van der Waals surface area (Å²) in [5.41, 5.74) is -0.105. The second-order valence-corrected chi connectivity index (χ2v) is 3.72. The van der Waals surface area contributed by atoms with Crippen LogP contribution in [-0.4, -0.2) is 31.5 Å². The molecule has 0 fully saturated rings. The minimum absolute atomic E-state index is 0.0370. The number of rotatable bonds is 2. The zero-order valence-electron chi connectivity index (χ0n) is 9.25. The van der Waals surface area contributed by atoms with Gasteiger partial charge in [0.25, 0.3) is 11.7 Å². The molecule has 0 saturated heterocycles. The number of Topliss-reactive ketones (excluding diaryl/α,β-unsaturated/α-hetero) is 1. The predicted molar refractivity (Wildman–Crippen MR) is 55.7 cm³/mol. The van der Waals surface area contributed by atoms with E-state index in [1.54, 1.807) is 0 Å². The van der Waals surface area contributed by atoms with Crippen LogP contribution in [0.3, 0.4) is 0 Å². The largest absolute Gasteiger partial charge is 0.497 e. The number of hydrogen-bond acceptors (Lipinski definition) is 3. The second kappa shape index (κ2) is 4.01. The Bertz CT molecular complexity index is 525. The average molecular weight is 259 g/mol. The monoisotopic (exact) mass is 259 g/mol. The second-order valence-electron chi connectivity index (χ2n) is 3.72. The molecule has 7 heteroatoms. The van der Waals surface area contributed by atoms with Gasteiger partial charge in [0.1, 0.15) is 12.3 Å². The number of carbonyl (C=O) groups excluding carboxylic acids is 2. The van der Waals surface area contributed by atoms with E-state index in [4.69, 9.17) is 4.74 Å². The molecule has 0 atom stereocenters. The highest BCUT2D eigenvalue weighted by atomic mass is 19.4. The third-order valence-corrected chi connectivity index (χ3v) is 2.52. The third-order valence-electron chi connectivity index (χ3n) is 2.52. The Morgan fingerprint density at radius 1 is 1.28 bits per heavy atom. The van der Waals surface area contributed by atoms with E-state index in [-0.39, 0.29) is 17.0 Å². The molecule has 0 spiro atoms. The van der Waals surface area contributed by atoms with Crippen LogP contribution in [0.2, 0.25) is 0 Å². The maximum atomic E-state index is 12.3. The van der Waals surface area contributed by atoms with Crippen molar-refractivity contribution in [1.82, 2.24) is 0 Å². The lowest BCUT2D eigenvalue weighted by molar-refractivity contribution is -0.129. The number of benzene rings is 1. The van der Waals surface area contributed by atoms with Crippen LogP contribution < -0.4 is 9.64 Å². The first-order chi connectivity index (χ1) is 8.33. The molecule has 0 bridgehead atoms. The van der Waals surface area contributed by atoms with Gasteiger partial charge in [0, 0.05) is 6.07 Å². The zero-order chi connectivity index (χ0) is 13.5. The summed E-state index contributed by atoms with van der Waals surface area (Å²) in [5.74, 6) is -1.82. The van der Waals surface area contributed by atoms with Gasteiger partial charge in [-0.3, -0.25) is 14.5 Å². The van der Waals surface area contributed by atoms with Gasteiger partial charge in [0.2, 0.25) is 0 Å². The van der Waals surface area contributed by atoms with E-state index < -0.39 is 24.4 Å². The smallest absolute Gasteiger partial charge is 0.406 e. The number of hydrogen-bond donors (Lipinski definition) is 0. The summed E-state index contributed by atoms with van der Waals surface area (Å²) in [6.45, 7) is -1.49. The molecule has 1 aromatic rings. The van der Waals surface area contributed by atoms with Gasteiger partial charge < -0.3 is 4.74 Å². The normalized spacial score (nSPS) is 15.0. The maximum Gasteiger partial charge on any atom is 0.406 e. The quantitative estimate of drug-likeness (QED) is 0.761. The fourth-order valence-corrected chi connectivity index (χ4v) is 1.74. The molecule has 0 radical (unpaired) electrons. The molecule has 0 aliphatic carbocycles. The van der Waals surface area contributed by atoms with Crippen molar-refractivity contribution in [1.29, 1.82) is 0 Å². The summed E-state index contributed by atoms with van der Waals surface area (Å²) >= 11 is 0. The number of halogens is 3. The summed E-state index contributed by atoms with van der Waals surface area (Å²) in [6, 6.07) is 3.94. The first-order valence-electron chi connectivity index (χ1n) is 4.94. The van der Waals surface area contributed by atoms with Crippen molar-refractivity contribution < 1.29 is 27.5 Å². The van der Waals surface area contributed by atoms with Crippen molar-refractivity contribution in [3.63, 3.8) is 0 Å². The van der Waals surface area contributed by atoms with E-state index >= 15 is 0 Å². The summed E-state index contributed by atoms with van der Waals surface area (Å²) in [7, 11) is 1.34. The van der Waals surface area contributed by atoms with E-state index in [1.807, 2.05) is 0 Å². The molecule has 2 rings (SSSR count). The Hall–Kier alpha value is -2.05. The van der Waals surface area contributed by atoms with Gasteiger partial charge in [-0.1, -0.05) is 0 Å². The molecule has 0 N–H and O–H groups in total. The number of carbonyl (C=O) groups is 2. The molecule has 0 saturated carbocycles. The van der Waals surface area contributed by atoms with Gasteiger partial charge in [-0.15, -0.1) is 0 Å². The van der Waals surface area contributed by atoms with Crippen LogP contribution in [0.4, 0.5) is 18.9 Å². The van der Waals surface area contributed by atoms with Gasteiger partial charge >= 0.3 is 6.18 Å². The topological polar surface area (TPSA) is 46.6 Å². The molecule has 1 aliphatic rings. The number of fused-ring (bicyclic) bond motifs is 1. The molecule has 1 aromatic carbocycles. The first kappa shape index (κ1) is 12.4. The van der Waals surface area contributed by atoms with Crippen LogP contribution in [0.1, 0.15) is 10.4 Å². The van der Waals surface area contributed by atoms with E-state index in [0.717, 1.165) is 0 Å². The number of anilines is 1. The molecule has 4 nitrogen and oxygen atoms in total. The molecular weight excluding hydrogens is 251 g/mol. The van der Waals surface area contributed by atoms with Gasteiger partial charge in [0.15, 0.2) is 0 Å². The lowest BCUT2D eigenvalue weighted by atomic mass is 10.1. The lowest BCUT2D eigenvalue weighted by Crippen LogP contribution is -2.38. The van der Waals surface area contributed by atoms with Crippen LogP contribution in [0.25, 0.3) is 0 Å². The highest BCUT2D eigenvalue weighted by Crippen LogP contribution is 2.34. The highest BCUT2D eigenvalue weighted by molar-refractivity contribution is 6.52. The van der Waals surface area contributed by atoms with Crippen LogP contribution in [0, 0.1) is 0 Å². The van der Waals surface area contributed by atoms with Crippen molar-refractivity contribution in [2.45, 2.75) is 6.18 Å². The Labute approximate surface area is 99.9 Å². The SMILES string of the molecule is COc1ccc2c(c1)N(CC(F)(F)F)C(=O)C2=O. The fraction of sp³-hybridized carbons (Fsp3) is 0.273. The van der Waals surface area contributed by atoms with Crippen molar-refractivity contribution in [3.05, 3.63) is 23.8 Å². The highest BCUT2D eigenvalue weighted by Gasteiger charge is 2.42. The standard InChI is InChI=1S/C11H8F3NO3/c1-18-6-2-3-7-8(4-6)15(5-11(12,13)14)10(17)9(7)16/h2-4H,5H2,1H3. The number of ketones is 1. The molecule has 1 amide bonds. The van der Waals surface area contributed by atoms with Gasteiger partial charge in [0.05, 0.1) is 18.4 Å². The number of methoxy groups -OCH3 is 1. The minimum Gasteiger partial charge on any atom is -0.497 e. The fourth-order valence-electron chi connectivity index (χ4n) is 1.74.